The van der Waals surface area contributed by atoms with E-state index in [2.05, 4.69) is 34.6 Å². The highest BCUT2D eigenvalue weighted by molar-refractivity contribution is 5.43. The summed E-state index contributed by atoms with van der Waals surface area (Å²) < 4.78 is 6.55. The van der Waals surface area contributed by atoms with E-state index in [4.69, 9.17) is 10.5 Å². The van der Waals surface area contributed by atoms with Gasteiger partial charge in [-0.2, -0.15) is 0 Å². The predicted octanol–water partition coefficient (Wildman–Crippen LogP) is 5.91. The molecule has 5 aliphatic carbocycles. The van der Waals surface area contributed by atoms with Crippen LogP contribution in [0.1, 0.15) is 113 Å². The van der Waals surface area contributed by atoms with Crippen LogP contribution in [0.3, 0.4) is 0 Å². The maximum absolute atomic E-state index is 12.1. The summed E-state index contributed by atoms with van der Waals surface area (Å²) in [6.45, 7) is 16.1. The Morgan fingerprint density at radius 3 is 2.29 bits per heavy atom. The molecule has 6 aliphatic rings. The SMILES string of the molecule is C[C@@H]1C23CCCC(C)(C)C2CC[C@@H]2[C@]13CC[C@]1(C)C3=C(O[C@@](N)(CC(C)(C)O)CC3)[C@H](O)[C@@]21C. The Morgan fingerprint density at radius 1 is 0.971 bits per heavy atom. The highest BCUT2D eigenvalue weighted by atomic mass is 16.5. The Bertz CT molecular complexity index is 949. The minimum absolute atomic E-state index is 0.0335. The molecule has 0 amide bonds. The molecule has 4 nitrogen and oxygen atoms in total. The smallest absolute Gasteiger partial charge is 0.161 e. The molecular formula is C30H49NO3. The maximum atomic E-state index is 12.1. The number of ether oxygens (including phenoxy) is 1. The number of hydrogen-bond donors (Lipinski definition) is 3. The minimum Gasteiger partial charge on any atom is -0.474 e. The topological polar surface area (TPSA) is 75.7 Å². The average Bonchev–Trinajstić information content (AvgIpc) is 3.18. The molecule has 34 heavy (non-hydrogen) atoms. The summed E-state index contributed by atoms with van der Waals surface area (Å²) in [4.78, 5) is 0. The minimum atomic E-state index is -0.908. The first-order chi connectivity index (χ1) is 15.6. The molecular weight excluding hydrogens is 422 g/mol. The van der Waals surface area contributed by atoms with E-state index < -0.39 is 17.4 Å². The molecule has 4 fully saturated rings. The summed E-state index contributed by atoms with van der Waals surface area (Å²) in [7, 11) is 0. The third-order valence-electron chi connectivity index (χ3n) is 13.2. The Hall–Kier alpha value is -0.580. The molecule has 4 saturated carbocycles. The Balaban J connectivity index is 1.39. The van der Waals surface area contributed by atoms with Gasteiger partial charge >= 0.3 is 0 Å². The van der Waals surface area contributed by atoms with E-state index in [1.807, 2.05) is 0 Å². The third kappa shape index (κ3) is 2.47. The van der Waals surface area contributed by atoms with Gasteiger partial charge in [0.15, 0.2) is 5.72 Å². The van der Waals surface area contributed by atoms with Crippen LogP contribution in [0.4, 0.5) is 0 Å². The quantitative estimate of drug-likeness (QED) is 0.468. The van der Waals surface area contributed by atoms with Crippen LogP contribution in [-0.4, -0.2) is 27.6 Å². The fraction of sp³-hybridized carbons (Fsp3) is 0.933. The maximum Gasteiger partial charge on any atom is 0.161 e. The Labute approximate surface area is 207 Å². The zero-order chi connectivity index (χ0) is 24.7. The van der Waals surface area contributed by atoms with E-state index >= 15 is 0 Å². The lowest BCUT2D eigenvalue weighted by Crippen LogP contribution is -2.58. The number of hydrogen-bond acceptors (Lipinski definition) is 4. The molecule has 0 aromatic rings. The lowest BCUT2D eigenvalue weighted by atomic mass is 9.42. The summed E-state index contributed by atoms with van der Waals surface area (Å²) >= 11 is 0. The predicted molar refractivity (Wildman–Crippen MR) is 135 cm³/mol. The molecule has 6 rings (SSSR count). The molecule has 0 aromatic carbocycles. The molecule has 4 N–H and O–H groups in total. The second-order valence-electron chi connectivity index (χ2n) is 15.3. The van der Waals surface area contributed by atoms with Crippen molar-refractivity contribution in [1.29, 1.82) is 0 Å². The van der Waals surface area contributed by atoms with Gasteiger partial charge in [0.1, 0.15) is 11.9 Å². The second kappa shape index (κ2) is 6.45. The van der Waals surface area contributed by atoms with Gasteiger partial charge in [0.2, 0.25) is 0 Å². The van der Waals surface area contributed by atoms with Crippen molar-refractivity contribution in [2.45, 2.75) is 130 Å². The van der Waals surface area contributed by atoms with Crippen LogP contribution >= 0.6 is 0 Å². The first-order valence-electron chi connectivity index (χ1n) is 14.2. The van der Waals surface area contributed by atoms with Crippen LogP contribution < -0.4 is 5.73 Å². The average molecular weight is 472 g/mol. The molecule has 0 saturated heterocycles. The molecule has 1 aliphatic heterocycles. The summed E-state index contributed by atoms with van der Waals surface area (Å²) in [6.07, 6.45) is 10.5. The largest absolute Gasteiger partial charge is 0.474 e. The van der Waals surface area contributed by atoms with E-state index in [0.29, 0.717) is 35.0 Å². The van der Waals surface area contributed by atoms with Crippen LogP contribution in [0, 0.1) is 44.8 Å². The third-order valence-corrected chi connectivity index (χ3v) is 13.2. The van der Waals surface area contributed by atoms with Gasteiger partial charge in [-0.3, -0.25) is 5.73 Å². The second-order valence-corrected chi connectivity index (χ2v) is 15.3. The molecule has 192 valence electrons. The molecule has 0 radical (unpaired) electrons. The van der Waals surface area contributed by atoms with Crippen molar-refractivity contribution in [1.82, 2.24) is 0 Å². The zero-order valence-corrected chi connectivity index (χ0v) is 22.8. The summed E-state index contributed by atoms with van der Waals surface area (Å²) in [5.41, 5.74) is 7.30. The lowest BCUT2D eigenvalue weighted by Gasteiger charge is -2.62. The fourth-order valence-corrected chi connectivity index (χ4v) is 11.9. The highest BCUT2D eigenvalue weighted by Crippen LogP contribution is 2.91. The fourth-order valence-electron chi connectivity index (χ4n) is 11.9. The molecule has 9 atom stereocenters. The van der Waals surface area contributed by atoms with E-state index in [-0.39, 0.29) is 10.8 Å². The van der Waals surface area contributed by atoms with Gasteiger partial charge in [0.25, 0.3) is 0 Å². The summed E-state index contributed by atoms with van der Waals surface area (Å²) in [5, 5.41) is 22.6. The first kappa shape index (κ1) is 23.8. The van der Waals surface area contributed by atoms with E-state index in [1.54, 1.807) is 13.8 Å². The summed E-state index contributed by atoms with van der Waals surface area (Å²) in [5.74, 6) is 2.89. The normalized spacial score (nSPS) is 55.4. The van der Waals surface area contributed by atoms with Crippen molar-refractivity contribution in [3.63, 3.8) is 0 Å². The Kier molecular flexibility index (Phi) is 4.52. The number of allylic oxidation sites excluding steroid dienone is 1. The molecule has 4 heteroatoms. The van der Waals surface area contributed by atoms with Crippen molar-refractivity contribution in [2.75, 3.05) is 0 Å². The van der Waals surface area contributed by atoms with Gasteiger partial charge in [-0.25, -0.2) is 0 Å². The van der Waals surface area contributed by atoms with Crippen molar-refractivity contribution in [3.8, 4) is 0 Å². The van der Waals surface area contributed by atoms with E-state index in [1.165, 1.54) is 44.1 Å². The number of aliphatic hydroxyl groups is 2. The highest BCUT2D eigenvalue weighted by Gasteiger charge is 2.86. The van der Waals surface area contributed by atoms with Crippen molar-refractivity contribution in [3.05, 3.63) is 11.3 Å². The van der Waals surface area contributed by atoms with Crippen LogP contribution in [0.25, 0.3) is 0 Å². The summed E-state index contributed by atoms with van der Waals surface area (Å²) in [6, 6.07) is 0. The van der Waals surface area contributed by atoms with Crippen LogP contribution in [0.15, 0.2) is 11.3 Å². The van der Waals surface area contributed by atoms with Gasteiger partial charge in [0, 0.05) is 23.7 Å². The first-order valence-corrected chi connectivity index (χ1v) is 14.2. The number of aliphatic hydroxyl groups excluding tert-OH is 1. The lowest BCUT2D eigenvalue weighted by molar-refractivity contribution is -0.163. The van der Waals surface area contributed by atoms with Gasteiger partial charge in [-0.15, -0.1) is 0 Å². The molecule has 1 heterocycles. The van der Waals surface area contributed by atoms with Gasteiger partial charge in [-0.05, 0) is 98.4 Å². The van der Waals surface area contributed by atoms with E-state index in [9.17, 15) is 10.2 Å². The van der Waals surface area contributed by atoms with Gasteiger partial charge in [-0.1, -0.05) is 41.0 Å². The van der Waals surface area contributed by atoms with Crippen LogP contribution in [0.2, 0.25) is 0 Å². The zero-order valence-electron chi connectivity index (χ0n) is 22.8. The van der Waals surface area contributed by atoms with Crippen molar-refractivity contribution < 1.29 is 14.9 Å². The monoisotopic (exact) mass is 471 g/mol. The van der Waals surface area contributed by atoms with Gasteiger partial charge in [0.05, 0.1) is 5.60 Å². The molecule has 2 spiro atoms. The van der Waals surface area contributed by atoms with Crippen LogP contribution in [0.5, 0.6) is 0 Å². The number of fused-ring (bicyclic) bond motifs is 3. The van der Waals surface area contributed by atoms with Crippen LogP contribution in [-0.2, 0) is 4.74 Å². The number of rotatable bonds is 2. The molecule has 2 unspecified atom stereocenters. The van der Waals surface area contributed by atoms with Gasteiger partial charge < -0.3 is 14.9 Å². The van der Waals surface area contributed by atoms with Crippen molar-refractivity contribution >= 4 is 0 Å². The number of nitrogens with two attached hydrogens (primary N) is 1. The molecule has 0 aromatic heterocycles. The van der Waals surface area contributed by atoms with E-state index in [0.717, 1.165) is 30.4 Å². The molecule has 0 bridgehead atoms. The standard InChI is InChI=1S/C30H49NO3/c1-18-29-13-8-12-24(2,3)20(29)9-10-21-27(7)23(32)22-19(26(27,6)15-16-30(18,21)29)11-14-28(31,34-22)17-25(4,5)33/h18,20-21,23,32-33H,8-17,31H2,1-7H3/t18-,20?,21+,23+,26-,27-,28-,29?,30+/m1/s1. The Morgan fingerprint density at radius 2 is 1.62 bits per heavy atom. The van der Waals surface area contributed by atoms with Crippen molar-refractivity contribution in [2.24, 2.45) is 50.6 Å².